The van der Waals surface area contributed by atoms with Gasteiger partial charge in [-0.15, -0.1) is 0 Å². The van der Waals surface area contributed by atoms with Crippen LogP contribution in [0.4, 0.5) is 5.69 Å². The van der Waals surface area contributed by atoms with Gasteiger partial charge in [0, 0.05) is 11.1 Å². The van der Waals surface area contributed by atoms with E-state index in [1.54, 1.807) is 6.07 Å². The zero-order chi connectivity index (χ0) is 16.4. The molecule has 0 saturated heterocycles. The van der Waals surface area contributed by atoms with Gasteiger partial charge < -0.3 is 9.73 Å². The van der Waals surface area contributed by atoms with E-state index in [1.165, 1.54) is 0 Å². The number of hydrogen-bond acceptors (Lipinski definition) is 2. The average molecular weight is 307 g/mol. The molecular weight excluding hydrogens is 286 g/mol. The van der Waals surface area contributed by atoms with Crippen LogP contribution in [-0.4, -0.2) is 5.91 Å². The molecule has 23 heavy (non-hydrogen) atoms. The van der Waals surface area contributed by atoms with Crippen molar-refractivity contribution in [1.82, 2.24) is 0 Å². The van der Waals surface area contributed by atoms with Crippen LogP contribution >= 0.6 is 0 Å². The molecule has 1 atom stereocenters. The van der Waals surface area contributed by atoms with E-state index in [0.717, 1.165) is 34.2 Å². The summed E-state index contributed by atoms with van der Waals surface area (Å²) in [6, 6.07) is 15.6. The lowest BCUT2D eigenvalue weighted by molar-refractivity contribution is 0.0998. The van der Waals surface area contributed by atoms with Gasteiger partial charge in [-0.1, -0.05) is 44.2 Å². The fraction of sp³-hybridized carbons (Fsp3) is 0.250. The number of furan rings is 1. The summed E-state index contributed by atoms with van der Waals surface area (Å²) >= 11 is 0. The quantitative estimate of drug-likeness (QED) is 0.691. The predicted molar refractivity (Wildman–Crippen MR) is 94.1 cm³/mol. The molecule has 0 bridgehead atoms. The zero-order valence-corrected chi connectivity index (χ0v) is 13.7. The molecule has 1 amide bonds. The first kappa shape index (κ1) is 15.3. The number of hydrogen-bond donors (Lipinski definition) is 1. The molecular formula is C20H21NO2. The molecule has 3 heteroatoms. The number of carbonyl (C=O) groups is 1. The lowest BCUT2D eigenvalue weighted by atomic mass is 9.97. The molecule has 1 heterocycles. The number of nitrogens with one attached hydrogen (secondary N) is 1. The van der Waals surface area contributed by atoms with Crippen molar-refractivity contribution < 1.29 is 9.21 Å². The number of amides is 1. The second kappa shape index (κ2) is 6.29. The summed E-state index contributed by atoms with van der Waals surface area (Å²) < 4.78 is 5.70. The maximum atomic E-state index is 12.5. The highest BCUT2D eigenvalue weighted by Crippen LogP contribution is 2.27. The van der Waals surface area contributed by atoms with E-state index in [4.69, 9.17) is 4.42 Å². The predicted octanol–water partition coefficient (Wildman–Crippen LogP) is 5.51. The molecule has 1 aromatic heterocycles. The van der Waals surface area contributed by atoms with Crippen LogP contribution in [-0.2, 0) is 0 Å². The first-order valence-electron chi connectivity index (χ1n) is 7.99. The van der Waals surface area contributed by atoms with Gasteiger partial charge in [0.05, 0.1) is 0 Å². The van der Waals surface area contributed by atoms with Crippen LogP contribution in [0.3, 0.4) is 0 Å². The summed E-state index contributed by atoms with van der Waals surface area (Å²) in [5.74, 6) is 0.518. The Morgan fingerprint density at radius 2 is 1.96 bits per heavy atom. The summed E-state index contributed by atoms with van der Waals surface area (Å²) in [7, 11) is 0. The topological polar surface area (TPSA) is 42.2 Å². The zero-order valence-electron chi connectivity index (χ0n) is 13.7. The van der Waals surface area contributed by atoms with Gasteiger partial charge in [-0.05, 0) is 48.6 Å². The Bertz CT molecular complexity index is 848. The maximum absolute atomic E-state index is 12.5. The molecule has 0 aliphatic carbocycles. The molecule has 1 N–H and O–H groups in total. The van der Waals surface area contributed by atoms with Crippen molar-refractivity contribution in [2.45, 2.75) is 33.1 Å². The van der Waals surface area contributed by atoms with E-state index in [9.17, 15) is 4.79 Å². The fourth-order valence-electron chi connectivity index (χ4n) is 2.69. The van der Waals surface area contributed by atoms with Crippen molar-refractivity contribution in [3.63, 3.8) is 0 Å². The molecule has 0 fully saturated rings. The minimum Gasteiger partial charge on any atom is -0.451 e. The van der Waals surface area contributed by atoms with Crippen LogP contribution in [0.5, 0.6) is 0 Å². The first-order chi connectivity index (χ1) is 11.1. The maximum Gasteiger partial charge on any atom is 0.291 e. The highest BCUT2D eigenvalue weighted by atomic mass is 16.3. The van der Waals surface area contributed by atoms with Crippen molar-refractivity contribution in [1.29, 1.82) is 0 Å². The Labute approximate surface area is 136 Å². The number of rotatable bonds is 4. The highest BCUT2D eigenvalue weighted by molar-refractivity contribution is 6.05. The smallest absolute Gasteiger partial charge is 0.291 e. The fourth-order valence-corrected chi connectivity index (χ4v) is 2.69. The van der Waals surface area contributed by atoms with Crippen LogP contribution in [0, 0.1) is 6.92 Å². The number of aryl methyl sites for hydroxylation is 1. The Morgan fingerprint density at radius 1 is 1.17 bits per heavy atom. The summed E-state index contributed by atoms with van der Waals surface area (Å²) in [5.41, 5.74) is 3.85. The number of carbonyl (C=O) groups excluding carboxylic acids is 1. The molecule has 0 saturated carbocycles. The molecule has 2 aromatic carbocycles. The monoisotopic (exact) mass is 307 g/mol. The molecule has 3 aromatic rings. The van der Waals surface area contributed by atoms with E-state index in [-0.39, 0.29) is 5.91 Å². The standard InChI is InChI=1S/C20H21NO2/c1-4-14(3)16-7-5-6-8-17(16)21-20(22)19-12-15-10-9-13(2)11-18(15)23-19/h5-12,14H,4H2,1-3H3,(H,21,22). The minimum absolute atomic E-state index is 0.213. The van der Waals surface area contributed by atoms with Crippen LogP contribution in [0.2, 0.25) is 0 Å². The third-order valence-corrected chi connectivity index (χ3v) is 4.25. The van der Waals surface area contributed by atoms with E-state index in [0.29, 0.717) is 11.7 Å². The number of benzene rings is 2. The van der Waals surface area contributed by atoms with Crippen molar-refractivity contribution in [2.24, 2.45) is 0 Å². The van der Waals surface area contributed by atoms with Crippen LogP contribution in [0.25, 0.3) is 11.0 Å². The summed E-state index contributed by atoms with van der Waals surface area (Å²) in [4.78, 5) is 12.5. The molecule has 0 aliphatic heterocycles. The largest absolute Gasteiger partial charge is 0.451 e. The van der Waals surface area contributed by atoms with Gasteiger partial charge >= 0.3 is 0 Å². The Morgan fingerprint density at radius 3 is 2.74 bits per heavy atom. The van der Waals surface area contributed by atoms with Gasteiger partial charge in [-0.2, -0.15) is 0 Å². The van der Waals surface area contributed by atoms with Crippen molar-refractivity contribution in [2.75, 3.05) is 5.32 Å². The molecule has 1 unspecified atom stereocenters. The summed E-state index contributed by atoms with van der Waals surface area (Å²) in [5, 5.41) is 3.93. The van der Waals surface area contributed by atoms with Crippen molar-refractivity contribution in [3.8, 4) is 0 Å². The lowest BCUT2D eigenvalue weighted by Gasteiger charge is -2.15. The third-order valence-electron chi connectivity index (χ3n) is 4.25. The number of anilines is 1. The van der Waals surface area contributed by atoms with E-state index < -0.39 is 0 Å². The van der Waals surface area contributed by atoms with Gasteiger partial charge in [0.1, 0.15) is 5.58 Å². The van der Waals surface area contributed by atoms with Crippen LogP contribution in [0.1, 0.15) is 47.9 Å². The molecule has 0 aliphatic rings. The van der Waals surface area contributed by atoms with Gasteiger partial charge in [-0.25, -0.2) is 0 Å². The number of para-hydroxylation sites is 1. The molecule has 118 valence electrons. The number of fused-ring (bicyclic) bond motifs is 1. The van der Waals surface area contributed by atoms with E-state index in [1.807, 2.05) is 43.3 Å². The third kappa shape index (κ3) is 3.14. The second-order valence-electron chi connectivity index (χ2n) is 6.00. The van der Waals surface area contributed by atoms with Crippen molar-refractivity contribution >= 4 is 22.6 Å². The first-order valence-corrected chi connectivity index (χ1v) is 7.99. The molecule has 0 spiro atoms. The SMILES string of the molecule is CCC(C)c1ccccc1NC(=O)c1cc2ccc(C)cc2o1. The van der Waals surface area contributed by atoms with E-state index in [2.05, 4.69) is 25.2 Å². The Hall–Kier alpha value is -2.55. The summed E-state index contributed by atoms with van der Waals surface area (Å²) in [6.45, 7) is 6.31. The average Bonchev–Trinajstić information content (AvgIpc) is 2.98. The van der Waals surface area contributed by atoms with Crippen molar-refractivity contribution in [3.05, 3.63) is 65.4 Å². The van der Waals surface area contributed by atoms with Crippen LogP contribution < -0.4 is 5.32 Å². The molecule has 3 nitrogen and oxygen atoms in total. The van der Waals surface area contributed by atoms with Gasteiger partial charge in [-0.3, -0.25) is 4.79 Å². The van der Waals surface area contributed by atoms with E-state index >= 15 is 0 Å². The molecule has 3 rings (SSSR count). The minimum atomic E-state index is -0.213. The van der Waals surface area contributed by atoms with Gasteiger partial charge in [0.25, 0.3) is 5.91 Å². The van der Waals surface area contributed by atoms with Gasteiger partial charge in [0.15, 0.2) is 5.76 Å². The Balaban J connectivity index is 1.89. The second-order valence-corrected chi connectivity index (χ2v) is 6.00. The highest BCUT2D eigenvalue weighted by Gasteiger charge is 2.15. The normalized spacial score (nSPS) is 12.3. The van der Waals surface area contributed by atoms with Gasteiger partial charge in [0.2, 0.25) is 0 Å². The summed E-state index contributed by atoms with van der Waals surface area (Å²) in [6.07, 6.45) is 1.02. The molecule has 0 radical (unpaired) electrons. The Kier molecular flexibility index (Phi) is 4.20. The van der Waals surface area contributed by atoms with Crippen LogP contribution in [0.15, 0.2) is 52.9 Å². The lowest BCUT2D eigenvalue weighted by Crippen LogP contribution is -2.13.